The topological polar surface area (TPSA) is 31.2 Å². The number of esters is 1. The number of benzene rings is 1. The second-order valence-corrected chi connectivity index (χ2v) is 7.48. The van der Waals surface area contributed by atoms with E-state index in [1.807, 2.05) is 25.1 Å². The molecule has 0 N–H and O–H groups in total. The van der Waals surface area contributed by atoms with Gasteiger partial charge in [0.2, 0.25) is 0 Å². The maximum atomic E-state index is 12.6. The van der Waals surface area contributed by atoms with E-state index in [-0.39, 0.29) is 11.4 Å². The third-order valence-corrected chi connectivity index (χ3v) is 5.32. The lowest BCUT2D eigenvalue weighted by atomic mass is 9.79. The van der Waals surface area contributed by atoms with Crippen molar-refractivity contribution in [3.8, 4) is 5.69 Å². The van der Waals surface area contributed by atoms with Gasteiger partial charge >= 0.3 is 5.97 Å². The van der Waals surface area contributed by atoms with Crippen molar-refractivity contribution in [2.24, 2.45) is 0 Å². The van der Waals surface area contributed by atoms with Crippen molar-refractivity contribution in [3.05, 3.63) is 52.8 Å². The van der Waals surface area contributed by atoms with Gasteiger partial charge in [-0.1, -0.05) is 32.0 Å². The molecule has 3 nitrogen and oxygen atoms in total. The van der Waals surface area contributed by atoms with E-state index in [4.69, 9.17) is 4.74 Å². The number of carbonyl (C=O) groups excluding carboxylic acids is 1. The molecule has 0 radical (unpaired) electrons. The summed E-state index contributed by atoms with van der Waals surface area (Å²) in [4.78, 5) is 12.6. The highest BCUT2D eigenvalue weighted by atomic mass is 16.5. The van der Waals surface area contributed by atoms with Crippen molar-refractivity contribution in [2.45, 2.75) is 51.9 Å². The van der Waals surface area contributed by atoms with E-state index in [9.17, 15) is 4.79 Å². The van der Waals surface area contributed by atoms with Crippen molar-refractivity contribution in [1.29, 1.82) is 0 Å². The molecule has 3 heteroatoms. The van der Waals surface area contributed by atoms with Crippen LogP contribution in [-0.4, -0.2) is 17.6 Å². The van der Waals surface area contributed by atoms with E-state index < -0.39 is 5.41 Å². The molecular formula is C20H25NO2. The highest BCUT2D eigenvalue weighted by Crippen LogP contribution is 2.53. The molecule has 2 aromatic rings. The molecule has 0 amide bonds. The van der Waals surface area contributed by atoms with Crippen LogP contribution in [0.5, 0.6) is 0 Å². The number of rotatable bonds is 2. The molecule has 0 fully saturated rings. The first kappa shape index (κ1) is 15.9. The Morgan fingerprint density at radius 1 is 1.04 bits per heavy atom. The molecular weight excluding hydrogens is 286 g/mol. The van der Waals surface area contributed by atoms with Crippen LogP contribution in [0, 0.1) is 13.8 Å². The van der Waals surface area contributed by atoms with Gasteiger partial charge in [0.05, 0.1) is 12.5 Å². The van der Waals surface area contributed by atoms with Crippen molar-refractivity contribution < 1.29 is 9.53 Å². The zero-order valence-electron chi connectivity index (χ0n) is 14.9. The SMILES string of the molecule is COC(=O)C1(C)CC(C)(C)c2c1c(C)n(-c1ccccc1)c2C. The van der Waals surface area contributed by atoms with Crippen molar-refractivity contribution >= 4 is 5.97 Å². The second kappa shape index (κ2) is 4.98. The molecule has 122 valence electrons. The van der Waals surface area contributed by atoms with Gasteiger partial charge in [-0.2, -0.15) is 0 Å². The first-order valence-corrected chi connectivity index (χ1v) is 8.11. The number of nitrogens with zero attached hydrogens (tertiary/aromatic N) is 1. The smallest absolute Gasteiger partial charge is 0.316 e. The van der Waals surface area contributed by atoms with Crippen LogP contribution in [0.15, 0.2) is 30.3 Å². The van der Waals surface area contributed by atoms with Crippen LogP contribution < -0.4 is 0 Å². The van der Waals surface area contributed by atoms with Gasteiger partial charge in [-0.15, -0.1) is 0 Å². The Labute approximate surface area is 138 Å². The number of aromatic nitrogens is 1. The van der Waals surface area contributed by atoms with Crippen LogP contribution in [0.3, 0.4) is 0 Å². The molecule has 1 atom stereocenters. The molecule has 0 aliphatic heterocycles. The van der Waals surface area contributed by atoms with Crippen LogP contribution in [0.2, 0.25) is 0 Å². The average molecular weight is 311 g/mol. The van der Waals surface area contributed by atoms with Crippen LogP contribution in [0.25, 0.3) is 5.69 Å². The van der Waals surface area contributed by atoms with E-state index in [1.54, 1.807) is 0 Å². The Morgan fingerprint density at radius 2 is 1.61 bits per heavy atom. The molecule has 0 saturated carbocycles. The summed E-state index contributed by atoms with van der Waals surface area (Å²) >= 11 is 0. The van der Waals surface area contributed by atoms with Crippen molar-refractivity contribution in [1.82, 2.24) is 4.57 Å². The highest BCUT2D eigenvalue weighted by molar-refractivity contribution is 5.86. The van der Waals surface area contributed by atoms with E-state index in [0.29, 0.717) is 0 Å². The van der Waals surface area contributed by atoms with Crippen molar-refractivity contribution in [2.75, 3.05) is 7.11 Å². The maximum absolute atomic E-state index is 12.6. The van der Waals surface area contributed by atoms with Gasteiger partial charge in [-0.3, -0.25) is 4.79 Å². The lowest BCUT2D eigenvalue weighted by molar-refractivity contribution is -0.147. The molecule has 0 spiro atoms. The molecule has 1 heterocycles. The minimum Gasteiger partial charge on any atom is -0.468 e. The van der Waals surface area contributed by atoms with E-state index in [1.165, 1.54) is 18.4 Å². The lowest BCUT2D eigenvalue weighted by Crippen LogP contribution is -2.34. The second-order valence-electron chi connectivity index (χ2n) is 7.48. The minimum absolute atomic E-state index is 0.0485. The van der Waals surface area contributed by atoms with Gasteiger partial charge in [0.1, 0.15) is 0 Å². The molecule has 1 aromatic heterocycles. The summed E-state index contributed by atoms with van der Waals surface area (Å²) < 4.78 is 7.42. The maximum Gasteiger partial charge on any atom is 0.316 e. The largest absolute Gasteiger partial charge is 0.468 e. The van der Waals surface area contributed by atoms with Gasteiger partial charge in [0.15, 0.2) is 0 Å². The van der Waals surface area contributed by atoms with Crippen LogP contribution in [0.1, 0.15) is 49.7 Å². The number of hydrogen-bond donors (Lipinski definition) is 0. The predicted octanol–water partition coefficient (Wildman–Crippen LogP) is 4.21. The number of fused-ring (bicyclic) bond motifs is 1. The number of methoxy groups -OCH3 is 1. The van der Waals surface area contributed by atoms with Crippen LogP contribution >= 0.6 is 0 Å². The summed E-state index contributed by atoms with van der Waals surface area (Å²) in [5, 5.41) is 0. The summed E-state index contributed by atoms with van der Waals surface area (Å²) in [6.07, 6.45) is 0.786. The predicted molar refractivity (Wildman–Crippen MR) is 92.3 cm³/mol. The fourth-order valence-corrected chi connectivity index (χ4v) is 4.76. The van der Waals surface area contributed by atoms with E-state index >= 15 is 0 Å². The summed E-state index contributed by atoms with van der Waals surface area (Å²) in [5.41, 5.74) is 5.32. The van der Waals surface area contributed by atoms with Crippen LogP contribution in [0.4, 0.5) is 0 Å². The minimum atomic E-state index is -0.581. The van der Waals surface area contributed by atoms with Gasteiger partial charge in [-0.25, -0.2) is 0 Å². The first-order chi connectivity index (χ1) is 10.7. The van der Waals surface area contributed by atoms with Gasteiger partial charge in [0.25, 0.3) is 0 Å². The number of carbonyl (C=O) groups is 1. The zero-order chi connectivity index (χ0) is 17.0. The number of para-hydroxylation sites is 1. The van der Waals surface area contributed by atoms with Gasteiger partial charge < -0.3 is 9.30 Å². The quantitative estimate of drug-likeness (QED) is 0.778. The molecule has 1 unspecified atom stereocenters. The third kappa shape index (κ3) is 2.06. The number of hydrogen-bond acceptors (Lipinski definition) is 2. The first-order valence-electron chi connectivity index (χ1n) is 8.11. The monoisotopic (exact) mass is 311 g/mol. The Bertz CT molecular complexity index is 771. The third-order valence-electron chi connectivity index (χ3n) is 5.32. The molecule has 1 aliphatic rings. The number of ether oxygens (including phenoxy) is 1. The average Bonchev–Trinajstić information content (AvgIpc) is 2.91. The lowest BCUT2D eigenvalue weighted by Gasteiger charge is -2.27. The normalized spacial score (nSPS) is 22.0. The van der Waals surface area contributed by atoms with Crippen molar-refractivity contribution in [3.63, 3.8) is 0 Å². The standard InChI is InChI=1S/C20H25NO2/c1-13-16-17(14(2)21(13)15-10-8-7-9-11-15)20(5,18(22)23-6)12-19(16,3)4/h7-11H,12H2,1-6H3. The summed E-state index contributed by atoms with van der Waals surface area (Å²) in [5.74, 6) is -0.141. The molecule has 3 rings (SSSR count). The Kier molecular flexibility index (Phi) is 3.44. The summed E-state index contributed by atoms with van der Waals surface area (Å²) in [6.45, 7) is 10.7. The Morgan fingerprint density at radius 3 is 2.17 bits per heavy atom. The van der Waals surface area contributed by atoms with E-state index in [0.717, 1.165) is 23.4 Å². The fourth-order valence-electron chi connectivity index (χ4n) is 4.76. The zero-order valence-corrected chi connectivity index (χ0v) is 14.9. The fraction of sp³-hybridized carbons (Fsp3) is 0.450. The summed E-state index contributed by atoms with van der Waals surface area (Å²) in [7, 11) is 1.48. The molecule has 0 saturated heterocycles. The van der Waals surface area contributed by atoms with Gasteiger partial charge in [-0.05, 0) is 55.9 Å². The van der Waals surface area contributed by atoms with Crippen LogP contribution in [-0.2, 0) is 20.4 Å². The Hall–Kier alpha value is -2.03. The van der Waals surface area contributed by atoms with Gasteiger partial charge in [0, 0.05) is 17.1 Å². The Balaban J connectivity index is 2.33. The molecule has 1 aromatic carbocycles. The van der Waals surface area contributed by atoms with E-state index in [2.05, 4.69) is 44.4 Å². The summed E-state index contributed by atoms with van der Waals surface area (Å²) in [6, 6.07) is 10.3. The molecule has 23 heavy (non-hydrogen) atoms. The molecule has 0 bridgehead atoms. The molecule has 1 aliphatic carbocycles. The highest BCUT2D eigenvalue weighted by Gasteiger charge is 2.53.